The van der Waals surface area contributed by atoms with Gasteiger partial charge in [0.1, 0.15) is 0 Å². The van der Waals surface area contributed by atoms with Gasteiger partial charge >= 0.3 is 5.97 Å². The molecule has 0 radical (unpaired) electrons. The molecule has 0 spiro atoms. The van der Waals surface area contributed by atoms with Crippen LogP contribution in [0.3, 0.4) is 0 Å². The molecular formula is C22H24N4O4. The number of esters is 1. The number of para-hydroxylation sites is 1. The van der Waals surface area contributed by atoms with Crippen molar-refractivity contribution < 1.29 is 19.1 Å². The molecule has 0 fully saturated rings. The minimum atomic E-state index is -0.922. The molecule has 2 amide bonds. The summed E-state index contributed by atoms with van der Waals surface area (Å²) in [5, 5.41) is 12.9. The van der Waals surface area contributed by atoms with Crippen LogP contribution in [-0.4, -0.2) is 40.6 Å². The number of nitrogens with one attached hydrogen (secondary N) is 3. The van der Waals surface area contributed by atoms with Gasteiger partial charge in [0.05, 0.1) is 11.9 Å². The second-order valence-electron chi connectivity index (χ2n) is 6.96. The number of H-pyrrole nitrogens is 1. The van der Waals surface area contributed by atoms with Gasteiger partial charge < -0.3 is 15.4 Å². The van der Waals surface area contributed by atoms with Gasteiger partial charge in [-0.15, -0.1) is 0 Å². The molecule has 3 N–H and O–H groups in total. The van der Waals surface area contributed by atoms with Crippen LogP contribution in [0.25, 0.3) is 10.9 Å². The molecule has 0 aliphatic carbocycles. The zero-order chi connectivity index (χ0) is 21.5. The number of nitrogens with zero attached hydrogens (tertiary/aromatic N) is 1. The maximum atomic E-state index is 12.3. The topological polar surface area (TPSA) is 113 Å². The Hall–Kier alpha value is -3.68. The summed E-state index contributed by atoms with van der Waals surface area (Å²) in [4.78, 5) is 36.3. The molecule has 1 unspecified atom stereocenters. The van der Waals surface area contributed by atoms with E-state index >= 15 is 0 Å². The van der Waals surface area contributed by atoms with Crippen LogP contribution in [0, 0.1) is 6.92 Å². The molecule has 0 saturated carbocycles. The second kappa shape index (κ2) is 9.69. The summed E-state index contributed by atoms with van der Waals surface area (Å²) < 4.78 is 5.14. The summed E-state index contributed by atoms with van der Waals surface area (Å²) in [6, 6.07) is 15.1. The number of ether oxygens (including phenoxy) is 1. The van der Waals surface area contributed by atoms with Crippen molar-refractivity contribution >= 4 is 28.7 Å². The van der Waals surface area contributed by atoms with E-state index < -0.39 is 12.1 Å². The van der Waals surface area contributed by atoms with E-state index in [2.05, 4.69) is 20.8 Å². The van der Waals surface area contributed by atoms with Gasteiger partial charge in [-0.3, -0.25) is 19.5 Å². The van der Waals surface area contributed by atoms with Gasteiger partial charge in [0.25, 0.3) is 11.8 Å². The smallest absolute Gasteiger partial charge is 0.308 e. The maximum Gasteiger partial charge on any atom is 0.308 e. The summed E-state index contributed by atoms with van der Waals surface area (Å²) in [5.74, 6) is -1.33. The average molecular weight is 408 g/mol. The number of benzene rings is 2. The van der Waals surface area contributed by atoms with E-state index in [0.717, 1.165) is 16.6 Å². The number of aromatic nitrogens is 2. The molecule has 0 bridgehead atoms. The van der Waals surface area contributed by atoms with Crippen LogP contribution in [0.15, 0.2) is 48.5 Å². The highest BCUT2D eigenvalue weighted by molar-refractivity contribution is 6.04. The van der Waals surface area contributed by atoms with Crippen molar-refractivity contribution in [3.05, 3.63) is 65.4 Å². The number of rotatable bonds is 8. The molecule has 1 heterocycles. The van der Waals surface area contributed by atoms with Crippen LogP contribution in [-0.2, 0) is 20.9 Å². The number of fused-ring (bicyclic) bond motifs is 1. The fourth-order valence-corrected chi connectivity index (χ4v) is 2.85. The lowest BCUT2D eigenvalue weighted by Gasteiger charge is -2.14. The Morgan fingerprint density at radius 3 is 2.57 bits per heavy atom. The van der Waals surface area contributed by atoms with Crippen molar-refractivity contribution in [1.82, 2.24) is 20.8 Å². The SMILES string of the molecule is Cc1ccc(CNC(=O)C(C)OC(=O)CCNC(=O)c2n[nH]c3ccccc23)cc1. The number of aryl methyl sites for hydroxylation is 1. The van der Waals surface area contributed by atoms with Crippen LogP contribution in [0.2, 0.25) is 0 Å². The molecule has 3 aromatic rings. The highest BCUT2D eigenvalue weighted by Gasteiger charge is 2.18. The third kappa shape index (κ3) is 5.44. The van der Waals surface area contributed by atoms with Crippen molar-refractivity contribution in [2.75, 3.05) is 6.54 Å². The van der Waals surface area contributed by atoms with Crippen molar-refractivity contribution in [2.45, 2.75) is 32.9 Å². The van der Waals surface area contributed by atoms with Crippen molar-refractivity contribution in [3.63, 3.8) is 0 Å². The first-order valence-electron chi connectivity index (χ1n) is 9.68. The Morgan fingerprint density at radius 1 is 1.07 bits per heavy atom. The predicted octanol–water partition coefficient (Wildman–Crippen LogP) is 2.24. The van der Waals surface area contributed by atoms with E-state index in [0.29, 0.717) is 11.9 Å². The zero-order valence-electron chi connectivity index (χ0n) is 16.9. The molecule has 1 atom stereocenters. The van der Waals surface area contributed by atoms with E-state index in [1.807, 2.05) is 49.4 Å². The molecule has 2 aromatic carbocycles. The number of amides is 2. The first-order valence-corrected chi connectivity index (χ1v) is 9.68. The molecule has 30 heavy (non-hydrogen) atoms. The Balaban J connectivity index is 1.39. The molecule has 156 valence electrons. The average Bonchev–Trinajstić information content (AvgIpc) is 3.17. The van der Waals surface area contributed by atoms with Gasteiger partial charge in [0.15, 0.2) is 11.8 Å². The van der Waals surface area contributed by atoms with Crippen molar-refractivity contribution in [1.29, 1.82) is 0 Å². The van der Waals surface area contributed by atoms with Gasteiger partial charge in [-0.05, 0) is 25.5 Å². The van der Waals surface area contributed by atoms with Crippen LogP contribution >= 0.6 is 0 Å². The minimum absolute atomic E-state index is 0.0519. The number of carbonyl (C=O) groups excluding carboxylic acids is 3. The lowest BCUT2D eigenvalue weighted by Crippen LogP contribution is -2.36. The van der Waals surface area contributed by atoms with E-state index in [1.165, 1.54) is 6.92 Å². The minimum Gasteiger partial charge on any atom is -0.452 e. The zero-order valence-corrected chi connectivity index (χ0v) is 16.9. The molecule has 1 aromatic heterocycles. The molecule has 0 aliphatic rings. The van der Waals surface area contributed by atoms with E-state index in [1.54, 1.807) is 6.07 Å². The highest BCUT2D eigenvalue weighted by atomic mass is 16.5. The van der Waals surface area contributed by atoms with Gasteiger partial charge in [0.2, 0.25) is 0 Å². The first kappa shape index (κ1) is 21.0. The third-order valence-corrected chi connectivity index (χ3v) is 4.56. The van der Waals surface area contributed by atoms with Crippen molar-refractivity contribution in [3.8, 4) is 0 Å². The monoisotopic (exact) mass is 408 g/mol. The summed E-state index contributed by atoms with van der Waals surface area (Å²) in [6.07, 6.45) is -0.974. The van der Waals surface area contributed by atoms with Crippen LogP contribution in [0.5, 0.6) is 0 Å². The number of aromatic amines is 1. The lowest BCUT2D eigenvalue weighted by molar-refractivity contribution is -0.154. The van der Waals surface area contributed by atoms with Crippen LogP contribution < -0.4 is 10.6 Å². The van der Waals surface area contributed by atoms with E-state index in [4.69, 9.17) is 4.74 Å². The number of carbonyl (C=O) groups is 3. The largest absolute Gasteiger partial charge is 0.452 e. The van der Waals surface area contributed by atoms with Gasteiger partial charge in [-0.25, -0.2) is 0 Å². The normalized spacial score (nSPS) is 11.7. The molecular weight excluding hydrogens is 384 g/mol. The van der Waals surface area contributed by atoms with E-state index in [-0.39, 0.29) is 30.5 Å². The molecule has 3 rings (SSSR count). The Bertz CT molecular complexity index is 1040. The van der Waals surface area contributed by atoms with E-state index in [9.17, 15) is 14.4 Å². The van der Waals surface area contributed by atoms with Gasteiger partial charge in [0, 0.05) is 18.5 Å². The fraction of sp³-hybridized carbons (Fsp3) is 0.273. The fourth-order valence-electron chi connectivity index (χ4n) is 2.85. The number of hydrogen-bond acceptors (Lipinski definition) is 5. The Labute approximate surface area is 174 Å². The molecule has 8 heteroatoms. The van der Waals surface area contributed by atoms with Crippen LogP contribution in [0.1, 0.15) is 35.0 Å². The number of hydrogen-bond donors (Lipinski definition) is 3. The van der Waals surface area contributed by atoms with Crippen LogP contribution in [0.4, 0.5) is 0 Å². The summed E-state index contributed by atoms with van der Waals surface area (Å²) in [5.41, 5.74) is 3.12. The summed E-state index contributed by atoms with van der Waals surface area (Å²) >= 11 is 0. The predicted molar refractivity (Wildman–Crippen MR) is 112 cm³/mol. The van der Waals surface area contributed by atoms with Gasteiger partial charge in [-0.2, -0.15) is 5.10 Å². The van der Waals surface area contributed by atoms with Crippen molar-refractivity contribution in [2.24, 2.45) is 0 Å². The Kier molecular flexibility index (Phi) is 6.79. The standard InChI is InChI=1S/C22H24N4O4/c1-14-7-9-16(10-8-14)13-24-21(28)15(2)30-19(27)11-12-23-22(29)20-17-5-3-4-6-18(17)25-26-20/h3-10,15H,11-13H2,1-2H3,(H,23,29)(H,24,28)(H,25,26). The Morgan fingerprint density at radius 2 is 1.80 bits per heavy atom. The molecule has 8 nitrogen and oxygen atoms in total. The lowest BCUT2D eigenvalue weighted by atomic mass is 10.1. The molecule has 0 saturated heterocycles. The van der Waals surface area contributed by atoms with Gasteiger partial charge in [-0.1, -0.05) is 48.0 Å². The quantitative estimate of drug-likeness (QED) is 0.495. The first-order chi connectivity index (χ1) is 14.4. The second-order valence-corrected chi connectivity index (χ2v) is 6.96. The summed E-state index contributed by atoms with van der Waals surface area (Å²) in [7, 11) is 0. The maximum absolute atomic E-state index is 12.3. The third-order valence-electron chi connectivity index (χ3n) is 4.56. The highest BCUT2D eigenvalue weighted by Crippen LogP contribution is 2.14. The summed E-state index contributed by atoms with van der Waals surface area (Å²) in [6.45, 7) is 3.94. The molecule has 0 aliphatic heterocycles.